The van der Waals surface area contributed by atoms with Gasteiger partial charge in [-0.25, -0.2) is 0 Å². The van der Waals surface area contributed by atoms with E-state index in [4.69, 9.17) is 0 Å². The van der Waals surface area contributed by atoms with Crippen LogP contribution in [0.1, 0.15) is 39.5 Å². The maximum atomic E-state index is 2.68. The van der Waals surface area contributed by atoms with Crippen LogP contribution in [0.3, 0.4) is 0 Å². The maximum Gasteiger partial charge on any atom is 0.118 e. The molecule has 384 valence electrons. The third-order valence-electron chi connectivity index (χ3n) is 19.2. The zero-order valence-electron chi connectivity index (χ0n) is 45.5. The quantitative estimate of drug-likeness (QED) is 0.0858. The second-order valence-corrected chi connectivity index (χ2v) is 27.7. The van der Waals surface area contributed by atoms with E-state index in [-0.39, 0.29) is 0 Å². The molecule has 0 amide bonds. The largest absolute Gasteiger partial charge is 0.309 e. The van der Waals surface area contributed by atoms with Crippen molar-refractivity contribution in [2.75, 3.05) is 0 Å². The Labute approximate surface area is 469 Å². The van der Waals surface area contributed by atoms with Gasteiger partial charge in [0, 0.05) is 65.8 Å². The Bertz CT molecular complexity index is 4590. The van der Waals surface area contributed by atoms with Crippen molar-refractivity contribution < 1.29 is 0 Å². The second-order valence-electron chi connectivity index (χ2n) is 23.4. The molecule has 0 unspecified atom stereocenters. The van der Waals surface area contributed by atoms with Crippen molar-refractivity contribution in [1.82, 2.24) is 18.3 Å². The van der Waals surface area contributed by atoms with Crippen LogP contribution in [0, 0.1) is 0 Å². The van der Waals surface area contributed by atoms with E-state index in [0.29, 0.717) is 0 Å². The molecule has 5 heteroatoms. The van der Waals surface area contributed by atoms with Crippen LogP contribution in [0.2, 0.25) is 12.1 Å². The lowest BCUT2D eigenvalue weighted by atomic mass is 10.0. The lowest BCUT2D eigenvalue weighted by Crippen LogP contribution is -2.58. The summed E-state index contributed by atoms with van der Waals surface area (Å²) < 4.78 is 10.5. The van der Waals surface area contributed by atoms with E-state index in [1.165, 1.54) is 163 Å². The van der Waals surface area contributed by atoms with Crippen LogP contribution in [-0.2, 0) is 0 Å². The van der Waals surface area contributed by atoms with Crippen LogP contribution in [0.25, 0.3) is 153 Å². The van der Waals surface area contributed by atoms with Gasteiger partial charge in [-0.3, -0.25) is 0 Å². The summed E-state index contributed by atoms with van der Waals surface area (Å²) in [5, 5.41) is 24.0. The summed E-state index contributed by atoms with van der Waals surface area (Å²) in [4.78, 5) is 0. The minimum atomic E-state index is -2.85. The lowest BCUT2D eigenvalue weighted by Gasteiger charge is -2.35. The zero-order valence-corrected chi connectivity index (χ0v) is 46.5. The second kappa shape index (κ2) is 16.8. The molecule has 4 nitrogen and oxygen atoms in total. The van der Waals surface area contributed by atoms with Gasteiger partial charge in [0.05, 0.1) is 44.1 Å². The zero-order chi connectivity index (χ0) is 53.2. The molecular weight excluding hydrogens is 997 g/mol. The maximum absolute atomic E-state index is 2.85. The van der Waals surface area contributed by atoms with Gasteiger partial charge in [-0.1, -0.05) is 185 Å². The summed E-state index contributed by atoms with van der Waals surface area (Å²) in [5.74, 6) is 0. The molecule has 0 aliphatic carbocycles. The first-order chi connectivity index (χ1) is 40.1. The Balaban J connectivity index is 1.00. The molecule has 0 spiro atoms. The number of rotatable bonds is 12. The monoisotopic (exact) mass is 1050 g/mol. The molecule has 0 fully saturated rings. The fourth-order valence-corrected chi connectivity index (χ4v) is 21.0. The lowest BCUT2D eigenvalue weighted by molar-refractivity contribution is 0.837. The average Bonchev–Trinajstić information content (AvgIpc) is 4.25. The predicted molar refractivity (Wildman–Crippen MR) is 349 cm³/mol. The van der Waals surface area contributed by atoms with E-state index in [1.54, 1.807) is 0 Å². The fourth-order valence-electron chi connectivity index (χ4n) is 15.7. The normalized spacial score (nSPS) is 12.9. The van der Waals surface area contributed by atoms with Gasteiger partial charge in [0.1, 0.15) is 8.07 Å². The number of hydrogen-bond donors (Lipinski definition) is 0. The first kappa shape index (κ1) is 45.4. The molecular formula is C76H56N4Si. The van der Waals surface area contributed by atoms with Crippen molar-refractivity contribution in [3.63, 3.8) is 0 Å². The summed E-state index contributed by atoms with van der Waals surface area (Å²) in [6.45, 7) is 4.81. The van der Waals surface area contributed by atoms with Crippen LogP contribution in [-0.4, -0.2) is 26.3 Å². The van der Waals surface area contributed by atoms with Crippen LogP contribution < -0.4 is 10.4 Å². The van der Waals surface area contributed by atoms with E-state index >= 15 is 0 Å². The third kappa shape index (κ3) is 6.14. The Morgan fingerprint density at radius 2 is 0.444 bits per heavy atom. The van der Waals surface area contributed by atoms with E-state index in [1.807, 2.05) is 0 Å². The molecule has 18 rings (SSSR count). The third-order valence-corrected chi connectivity index (χ3v) is 24.4. The SMILES string of the molecule is CCCC[Si](CCCC)(c1cc(-n2c3cccc4ccc5cccc2c5c43)cc(-n2c3cccc4ccc5cccc2c5c43)c1)c1cc(-n2c3cccc4ccc5cccc2c5c43)cc(-n2c3cccc4ccc5cccc2c5c43)c1. The molecule has 0 N–H and O–H groups in total. The van der Waals surface area contributed by atoms with Gasteiger partial charge in [0.2, 0.25) is 0 Å². The van der Waals surface area contributed by atoms with Gasteiger partial charge >= 0.3 is 0 Å². The van der Waals surface area contributed by atoms with Crippen molar-refractivity contribution in [3.05, 3.63) is 231 Å². The number of hydrogen-bond acceptors (Lipinski definition) is 0. The van der Waals surface area contributed by atoms with Crippen LogP contribution in [0.15, 0.2) is 231 Å². The van der Waals surface area contributed by atoms with Crippen LogP contribution in [0.4, 0.5) is 0 Å². The Morgan fingerprint density at radius 3 is 0.630 bits per heavy atom. The molecule has 0 saturated carbocycles. The summed E-state index contributed by atoms with van der Waals surface area (Å²) in [6.07, 6.45) is 4.51. The highest BCUT2D eigenvalue weighted by Gasteiger charge is 2.39. The number of benzene rings is 14. The smallest absolute Gasteiger partial charge is 0.118 e. The van der Waals surface area contributed by atoms with Gasteiger partial charge in [-0.2, -0.15) is 0 Å². The Morgan fingerprint density at radius 1 is 0.247 bits per heavy atom. The first-order valence-corrected chi connectivity index (χ1v) is 31.8. The van der Waals surface area contributed by atoms with Crippen molar-refractivity contribution in [1.29, 1.82) is 0 Å². The Kier molecular flexibility index (Phi) is 9.43. The van der Waals surface area contributed by atoms with Crippen LogP contribution in [0.5, 0.6) is 0 Å². The highest BCUT2D eigenvalue weighted by Crippen LogP contribution is 2.45. The summed E-state index contributed by atoms with van der Waals surface area (Å²) in [6, 6.07) is 91.9. The molecule has 0 bridgehead atoms. The molecule has 0 atom stereocenters. The van der Waals surface area contributed by atoms with E-state index in [2.05, 4.69) is 263 Å². The molecule has 81 heavy (non-hydrogen) atoms. The highest BCUT2D eigenvalue weighted by molar-refractivity contribution is 7.02. The number of unbranched alkanes of at least 4 members (excludes halogenated alkanes) is 2. The minimum Gasteiger partial charge on any atom is -0.309 e. The van der Waals surface area contributed by atoms with E-state index < -0.39 is 8.07 Å². The summed E-state index contributed by atoms with van der Waals surface area (Å²) in [5.41, 5.74) is 14.9. The standard InChI is InChI=1S/C76H56N4Si/c1-3-5-39-81(40-6-4-2,59-43-55(77-61-23-7-15-47-31-32-48-16-8-24-62(77)70(48)69(47)61)41-56(44-59)78-63-25-9-17-49-33-34-50-18-10-26-64(78)72(50)71(49)63)60-45-57(79-65-27-11-19-51-35-36-52-20-12-28-66(79)74(52)73(51)65)42-58(46-60)80-67-29-13-21-53-37-38-54-22-14-30-68(80)76(54)75(53)67/h7-38,41-46H,3-6,39-40H2,1-2H3. The molecule has 0 saturated heterocycles. The fraction of sp³-hybridized carbons (Fsp3) is 0.105. The molecule has 14 aromatic carbocycles. The molecule has 4 aromatic heterocycles. The van der Waals surface area contributed by atoms with Crippen molar-refractivity contribution in [2.24, 2.45) is 0 Å². The van der Waals surface area contributed by atoms with Gasteiger partial charge in [0.25, 0.3) is 0 Å². The molecule has 0 radical (unpaired) electrons. The number of nitrogens with zero attached hydrogens (tertiary/aromatic N) is 4. The van der Waals surface area contributed by atoms with Crippen LogP contribution >= 0.6 is 0 Å². The molecule has 0 aliphatic heterocycles. The van der Waals surface area contributed by atoms with Crippen molar-refractivity contribution in [3.8, 4) is 22.7 Å². The van der Waals surface area contributed by atoms with Gasteiger partial charge in [-0.15, -0.1) is 0 Å². The molecule has 18 aromatic rings. The summed E-state index contributed by atoms with van der Waals surface area (Å²) >= 11 is 0. The van der Waals surface area contributed by atoms with Gasteiger partial charge in [-0.05, 0) is 150 Å². The van der Waals surface area contributed by atoms with Gasteiger partial charge < -0.3 is 18.3 Å². The minimum absolute atomic E-state index is 1.12. The molecule has 4 heterocycles. The van der Waals surface area contributed by atoms with E-state index in [9.17, 15) is 0 Å². The average molecular weight is 1050 g/mol. The number of aromatic nitrogens is 4. The topological polar surface area (TPSA) is 19.7 Å². The van der Waals surface area contributed by atoms with E-state index in [0.717, 1.165) is 37.8 Å². The van der Waals surface area contributed by atoms with Crippen molar-refractivity contribution >= 4 is 149 Å². The molecule has 0 aliphatic rings. The van der Waals surface area contributed by atoms with Gasteiger partial charge in [0.15, 0.2) is 0 Å². The van der Waals surface area contributed by atoms with Crippen molar-refractivity contribution in [2.45, 2.75) is 51.6 Å². The highest BCUT2D eigenvalue weighted by atomic mass is 28.3. The summed E-state index contributed by atoms with van der Waals surface area (Å²) in [7, 11) is -2.85. The predicted octanol–water partition coefficient (Wildman–Crippen LogP) is 19.6. The first-order valence-electron chi connectivity index (χ1n) is 29.4. The Hall–Kier alpha value is -9.42.